The quantitative estimate of drug-likeness (QED) is 0.691. The summed E-state index contributed by atoms with van der Waals surface area (Å²) in [4.78, 5) is 26.5. The highest BCUT2D eigenvalue weighted by Crippen LogP contribution is 2.24. The summed E-state index contributed by atoms with van der Waals surface area (Å²) >= 11 is 0. The molecule has 0 saturated heterocycles. The van der Waals surface area contributed by atoms with Gasteiger partial charge in [-0.2, -0.15) is 20.2 Å². The van der Waals surface area contributed by atoms with E-state index < -0.39 is 0 Å². The number of amides is 1. The summed E-state index contributed by atoms with van der Waals surface area (Å²) in [5, 5.41) is 13.0. The number of nitrogen functional groups attached to an aromatic ring is 1. The first-order chi connectivity index (χ1) is 12.9. The number of para-hydroxylation sites is 1. The highest BCUT2D eigenvalue weighted by Gasteiger charge is 2.16. The second-order valence-electron chi connectivity index (χ2n) is 6.26. The van der Waals surface area contributed by atoms with E-state index in [0.29, 0.717) is 17.3 Å². The van der Waals surface area contributed by atoms with Crippen molar-refractivity contribution in [3.8, 4) is 6.07 Å². The fourth-order valence-corrected chi connectivity index (χ4v) is 2.86. The molecule has 3 aromatic rings. The molecule has 2 heterocycles. The molecule has 1 amide bonds. The third-order valence-electron chi connectivity index (χ3n) is 4.18. The summed E-state index contributed by atoms with van der Waals surface area (Å²) in [6, 6.07) is 9.75. The van der Waals surface area contributed by atoms with Crippen molar-refractivity contribution >= 4 is 28.7 Å². The molecule has 138 valence electrons. The molecule has 3 N–H and O–H groups in total. The first kappa shape index (κ1) is 18.1. The van der Waals surface area contributed by atoms with Gasteiger partial charge in [-0.05, 0) is 13.0 Å². The van der Waals surface area contributed by atoms with Crippen molar-refractivity contribution in [2.24, 2.45) is 0 Å². The maximum atomic E-state index is 12.5. The Kier molecular flexibility index (Phi) is 4.90. The number of nitriles is 1. The van der Waals surface area contributed by atoms with E-state index >= 15 is 0 Å². The third kappa shape index (κ3) is 3.64. The van der Waals surface area contributed by atoms with Crippen molar-refractivity contribution in [1.82, 2.24) is 24.8 Å². The van der Waals surface area contributed by atoms with Crippen LogP contribution in [0.4, 0.5) is 11.9 Å². The lowest BCUT2D eigenvalue weighted by Gasteiger charge is -2.12. The Morgan fingerprint density at radius 1 is 1.30 bits per heavy atom. The average molecular weight is 364 g/mol. The Morgan fingerprint density at radius 3 is 2.74 bits per heavy atom. The number of anilines is 2. The van der Waals surface area contributed by atoms with Gasteiger partial charge in [-0.15, -0.1) is 0 Å². The van der Waals surface area contributed by atoms with Gasteiger partial charge in [0.15, 0.2) is 5.82 Å². The molecule has 1 aromatic carbocycles. The van der Waals surface area contributed by atoms with Gasteiger partial charge in [0.2, 0.25) is 17.8 Å². The molecule has 0 radical (unpaired) electrons. The number of nitrogens with zero attached hydrogens (tertiary/aromatic N) is 6. The number of fused-ring (bicyclic) bond motifs is 1. The Balaban J connectivity index is 1.77. The van der Waals surface area contributed by atoms with Crippen molar-refractivity contribution in [2.45, 2.75) is 20.0 Å². The molecule has 27 heavy (non-hydrogen) atoms. The summed E-state index contributed by atoms with van der Waals surface area (Å²) in [5.41, 5.74) is 7.88. The van der Waals surface area contributed by atoms with Crippen LogP contribution in [0.15, 0.2) is 24.3 Å². The Labute approximate surface area is 156 Å². The maximum Gasteiger partial charge on any atom is 0.240 e. The zero-order valence-electron chi connectivity index (χ0n) is 15.4. The normalized spacial score (nSPS) is 10.6. The molecule has 2 aromatic heterocycles. The fourth-order valence-electron chi connectivity index (χ4n) is 2.86. The lowest BCUT2D eigenvalue weighted by atomic mass is 10.1. The molecule has 0 unspecified atom stereocenters. The summed E-state index contributed by atoms with van der Waals surface area (Å²) in [6.07, 6.45) is 0. The molecule has 0 aliphatic rings. The number of nitrogens with one attached hydrogen (secondary N) is 1. The third-order valence-corrected chi connectivity index (χ3v) is 4.18. The van der Waals surface area contributed by atoms with E-state index in [1.165, 1.54) is 0 Å². The van der Waals surface area contributed by atoms with Crippen LogP contribution < -0.4 is 16.0 Å². The van der Waals surface area contributed by atoms with Crippen LogP contribution in [-0.4, -0.2) is 39.5 Å². The number of nitrogens with two attached hydrogens (primary N) is 1. The first-order valence-corrected chi connectivity index (χ1v) is 8.33. The van der Waals surface area contributed by atoms with Crippen molar-refractivity contribution in [1.29, 1.82) is 5.26 Å². The van der Waals surface area contributed by atoms with Crippen LogP contribution in [0.2, 0.25) is 0 Å². The van der Waals surface area contributed by atoms with Crippen LogP contribution >= 0.6 is 0 Å². The first-order valence-electron chi connectivity index (χ1n) is 8.33. The lowest BCUT2D eigenvalue weighted by molar-refractivity contribution is -0.121. The predicted octanol–water partition coefficient (Wildman–Crippen LogP) is 0.971. The van der Waals surface area contributed by atoms with E-state index in [1.807, 2.05) is 35.8 Å². The standard InChI is InChI=1S/C18H20N8O/c1-11-13(8-19)12-6-4-5-7-14(12)26(11)10-16(27)21-9-15-22-17(20)24-18(23-15)25(2)3/h4-7H,9-10H2,1-3H3,(H,21,27)(H2,20,22,23,24). The number of carbonyl (C=O) groups is 1. The molecular weight excluding hydrogens is 344 g/mol. The number of benzene rings is 1. The number of aromatic nitrogens is 4. The van der Waals surface area contributed by atoms with Crippen LogP contribution in [0.1, 0.15) is 17.1 Å². The molecule has 0 spiro atoms. The molecule has 0 aliphatic carbocycles. The minimum absolute atomic E-state index is 0.0924. The molecule has 0 fully saturated rings. The minimum Gasteiger partial charge on any atom is -0.368 e. The Morgan fingerprint density at radius 2 is 2.04 bits per heavy atom. The smallest absolute Gasteiger partial charge is 0.240 e. The van der Waals surface area contributed by atoms with Gasteiger partial charge in [0, 0.05) is 25.2 Å². The van der Waals surface area contributed by atoms with Gasteiger partial charge in [0.05, 0.1) is 17.6 Å². The molecule has 9 nitrogen and oxygen atoms in total. The van der Waals surface area contributed by atoms with Gasteiger partial charge in [-0.25, -0.2) is 0 Å². The molecule has 0 saturated carbocycles. The van der Waals surface area contributed by atoms with E-state index in [1.54, 1.807) is 19.0 Å². The largest absolute Gasteiger partial charge is 0.368 e. The van der Waals surface area contributed by atoms with Gasteiger partial charge in [-0.1, -0.05) is 18.2 Å². The summed E-state index contributed by atoms with van der Waals surface area (Å²) in [7, 11) is 3.59. The van der Waals surface area contributed by atoms with Gasteiger partial charge < -0.3 is 20.5 Å². The van der Waals surface area contributed by atoms with Crippen LogP contribution in [0.3, 0.4) is 0 Å². The molecule has 0 bridgehead atoms. The average Bonchev–Trinajstić information content (AvgIpc) is 2.91. The van der Waals surface area contributed by atoms with Gasteiger partial charge >= 0.3 is 0 Å². The van der Waals surface area contributed by atoms with Crippen LogP contribution in [0, 0.1) is 18.3 Å². The number of hydrogen-bond acceptors (Lipinski definition) is 7. The summed E-state index contributed by atoms with van der Waals surface area (Å²) in [6.45, 7) is 2.06. The van der Waals surface area contributed by atoms with E-state index in [0.717, 1.165) is 16.6 Å². The van der Waals surface area contributed by atoms with Crippen molar-refractivity contribution in [2.75, 3.05) is 24.7 Å². The zero-order valence-corrected chi connectivity index (χ0v) is 15.4. The Bertz CT molecular complexity index is 1050. The van der Waals surface area contributed by atoms with Gasteiger partial charge in [0.25, 0.3) is 0 Å². The molecular formula is C18H20N8O. The molecule has 0 aliphatic heterocycles. The SMILES string of the molecule is Cc1c(C#N)c2ccccc2n1CC(=O)NCc1nc(N)nc(N(C)C)n1. The Hall–Kier alpha value is -3.67. The van der Waals surface area contributed by atoms with Gasteiger partial charge in [-0.3, -0.25) is 4.79 Å². The summed E-state index contributed by atoms with van der Waals surface area (Å²) < 4.78 is 1.83. The number of hydrogen-bond donors (Lipinski definition) is 2. The van der Waals surface area contributed by atoms with E-state index in [9.17, 15) is 10.1 Å². The van der Waals surface area contributed by atoms with Crippen LogP contribution in [-0.2, 0) is 17.9 Å². The second kappa shape index (κ2) is 7.29. The lowest BCUT2D eigenvalue weighted by Crippen LogP contribution is -2.29. The monoisotopic (exact) mass is 364 g/mol. The fraction of sp³-hybridized carbons (Fsp3) is 0.278. The van der Waals surface area contributed by atoms with Crippen molar-refractivity contribution in [3.63, 3.8) is 0 Å². The predicted molar refractivity (Wildman–Crippen MR) is 102 cm³/mol. The number of rotatable bonds is 5. The number of carbonyl (C=O) groups excluding carboxylic acids is 1. The molecule has 0 atom stereocenters. The highest BCUT2D eigenvalue weighted by molar-refractivity contribution is 5.89. The van der Waals surface area contributed by atoms with Gasteiger partial charge in [0.1, 0.15) is 12.6 Å². The van der Waals surface area contributed by atoms with Crippen molar-refractivity contribution in [3.05, 3.63) is 41.3 Å². The minimum atomic E-state index is -0.214. The van der Waals surface area contributed by atoms with Crippen LogP contribution in [0.5, 0.6) is 0 Å². The molecule has 9 heteroatoms. The van der Waals surface area contributed by atoms with Crippen LogP contribution in [0.25, 0.3) is 10.9 Å². The topological polar surface area (TPSA) is 126 Å². The van der Waals surface area contributed by atoms with E-state index in [4.69, 9.17) is 5.73 Å². The van der Waals surface area contributed by atoms with Crippen molar-refractivity contribution < 1.29 is 4.79 Å². The second-order valence-corrected chi connectivity index (χ2v) is 6.26. The summed E-state index contributed by atoms with van der Waals surface area (Å²) in [5.74, 6) is 0.696. The van der Waals surface area contributed by atoms with E-state index in [2.05, 4.69) is 26.3 Å². The van der Waals surface area contributed by atoms with E-state index in [-0.39, 0.29) is 24.9 Å². The zero-order chi connectivity index (χ0) is 19.6. The maximum absolute atomic E-state index is 12.5. The highest BCUT2D eigenvalue weighted by atomic mass is 16.1. The molecule has 3 rings (SSSR count).